The van der Waals surface area contributed by atoms with E-state index in [1.165, 1.54) is 22.6 Å². The van der Waals surface area contributed by atoms with Crippen LogP contribution >= 0.6 is 11.8 Å². The van der Waals surface area contributed by atoms with E-state index in [1.807, 2.05) is 25.1 Å². The van der Waals surface area contributed by atoms with E-state index in [9.17, 15) is 4.79 Å². The van der Waals surface area contributed by atoms with Gasteiger partial charge in [-0.15, -0.1) is 11.8 Å². The highest BCUT2D eigenvalue weighted by atomic mass is 32.2. The van der Waals surface area contributed by atoms with Gasteiger partial charge >= 0.3 is 0 Å². The van der Waals surface area contributed by atoms with Crippen molar-refractivity contribution >= 4 is 34.7 Å². The van der Waals surface area contributed by atoms with Crippen LogP contribution in [-0.2, 0) is 4.79 Å². The van der Waals surface area contributed by atoms with E-state index < -0.39 is 0 Å². The van der Waals surface area contributed by atoms with Crippen LogP contribution in [0, 0.1) is 0 Å². The number of hydrazone groups is 1. The summed E-state index contributed by atoms with van der Waals surface area (Å²) in [6, 6.07) is 20.3. The molecular formula is C23H24N2O3S. The summed E-state index contributed by atoms with van der Waals surface area (Å²) in [6.07, 6.45) is 1.57. The summed E-state index contributed by atoms with van der Waals surface area (Å²) in [5.41, 5.74) is 3.20. The summed E-state index contributed by atoms with van der Waals surface area (Å²) >= 11 is 1.78. The average molecular weight is 409 g/mol. The van der Waals surface area contributed by atoms with Crippen molar-refractivity contribution in [1.82, 2.24) is 5.43 Å². The highest BCUT2D eigenvalue weighted by molar-refractivity contribution is 7.99. The molecular weight excluding hydrogens is 384 g/mol. The zero-order valence-corrected chi connectivity index (χ0v) is 17.4. The van der Waals surface area contributed by atoms with Gasteiger partial charge in [0.25, 0.3) is 0 Å². The number of hydrogen-bond acceptors (Lipinski definition) is 5. The van der Waals surface area contributed by atoms with Gasteiger partial charge in [-0.05, 0) is 47.5 Å². The average Bonchev–Trinajstić information content (AvgIpc) is 2.72. The molecule has 0 aromatic heterocycles. The molecule has 0 aliphatic rings. The van der Waals surface area contributed by atoms with Crippen molar-refractivity contribution in [3.05, 3.63) is 66.2 Å². The summed E-state index contributed by atoms with van der Waals surface area (Å²) < 4.78 is 11.7. The minimum Gasteiger partial charge on any atom is -0.490 e. The number of hydrogen-bond donors (Lipinski definition) is 1. The van der Waals surface area contributed by atoms with Gasteiger partial charge in [-0.25, -0.2) is 5.43 Å². The predicted molar refractivity (Wildman–Crippen MR) is 119 cm³/mol. The molecule has 3 rings (SSSR count). The maximum absolute atomic E-state index is 10.9. The number of carbonyl (C=O) groups is 1. The lowest BCUT2D eigenvalue weighted by Crippen LogP contribution is -2.12. The van der Waals surface area contributed by atoms with E-state index in [0.717, 1.165) is 11.3 Å². The zero-order valence-electron chi connectivity index (χ0n) is 16.6. The fourth-order valence-corrected chi connectivity index (χ4v) is 3.72. The first-order chi connectivity index (χ1) is 14.2. The molecule has 0 saturated heterocycles. The summed E-state index contributed by atoms with van der Waals surface area (Å²) in [6.45, 7) is 4.44. The topological polar surface area (TPSA) is 59.9 Å². The Labute approximate surface area is 175 Å². The van der Waals surface area contributed by atoms with Crippen molar-refractivity contribution in [3.63, 3.8) is 0 Å². The minimum atomic E-state index is -0.213. The maximum atomic E-state index is 10.9. The van der Waals surface area contributed by atoms with Gasteiger partial charge in [0.1, 0.15) is 0 Å². The second-order valence-electron chi connectivity index (χ2n) is 6.24. The van der Waals surface area contributed by atoms with Gasteiger partial charge in [-0.2, -0.15) is 5.10 Å². The van der Waals surface area contributed by atoms with Crippen molar-refractivity contribution in [2.75, 3.05) is 19.0 Å². The summed E-state index contributed by atoms with van der Waals surface area (Å²) in [5, 5.41) is 6.39. The van der Waals surface area contributed by atoms with Crippen LogP contribution in [-0.4, -0.2) is 31.1 Å². The Morgan fingerprint density at radius 1 is 1.07 bits per heavy atom. The Morgan fingerprint density at radius 3 is 2.72 bits per heavy atom. The molecule has 0 bridgehead atoms. The number of benzene rings is 3. The summed E-state index contributed by atoms with van der Waals surface area (Å²) in [4.78, 5) is 12.2. The third-order valence-corrected chi connectivity index (χ3v) is 5.09. The zero-order chi connectivity index (χ0) is 20.5. The van der Waals surface area contributed by atoms with Crippen molar-refractivity contribution < 1.29 is 14.3 Å². The molecule has 0 heterocycles. The fraction of sp³-hybridized carbons (Fsp3) is 0.217. The molecule has 1 amide bonds. The Hall–Kier alpha value is -2.99. The number of carbonyl (C=O) groups excluding carboxylic acids is 1. The standard InChI is InChI=1S/C23H24N2O3S/c1-3-27-22-15-18(16-24-25-17(2)26)11-12-21(22)28-13-14-29-23-10-6-8-19-7-4-5-9-20(19)23/h4-12,15-16H,3,13-14H2,1-2H3,(H,25,26)/b24-16-. The molecule has 29 heavy (non-hydrogen) atoms. The molecule has 0 radical (unpaired) electrons. The largest absolute Gasteiger partial charge is 0.490 e. The maximum Gasteiger partial charge on any atom is 0.236 e. The monoisotopic (exact) mass is 408 g/mol. The number of nitrogens with zero attached hydrogens (tertiary/aromatic N) is 1. The first-order valence-corrected chi connectivity index (χ1v) is 10.5. The van der Waals surface area contributed by atoms with E-state index in [0.29, 0.717) is 24.7 Å². The van der Waals surface area contributed by atoms with E-state index in [4.69, 9.17) is 9.47 Å². The third kappa shape index (κ3) is 5.99. The predicted octanol–water partition coefficient (Wildman–Crippen LogP) is 4.88. The molecule has 0 unspecified atom stereocenters. The number of amides is 1. The quantitative estimate of drug-likeness (QED) is 0.237. The van der Waals surface area contributed by atoms with E-state index in [2.05, 4.69) is 53.0 Å². The third-order valence-electron chi connectivity index (χ3n) is 4.05. The molecule has 0 saturated carbocycles. The highest BCUT2D eigenvalue weighted by Crippen LogP contribution is 2.30. The lowest BCUT2D eigenvalue weighted by molar-refractivity contribution is -0.118. The second kappa shape index (κ2) is 10.5. The number of ether oxygens (including phenoxy) is 2. The number of rotatable bonds is 9. The van der Waals surface area contributed by atoms with Crippen LogP contribution in [0.25, 0.3) is 10.8 Å². The van der Waals surface area contributed by atoms with Gasteiger partial charge in [0.2, 0.25) is 5.91 Å². The molecule has 0 aliphatic heterocycles. The van der Waals surface area contributed by atoms with E-state index >= 15 is 0 Å². The Bertz CT molecular complexity index is 999. The Balaban J connectivity index is 1.60. The van der Waals surface area contributed by atoms with Crippen LogP contribution in [0.2, 0.25) is 0 Å². The molecule has 3 aromatic carbocycles. The molecule has 3 aromatic rings. The molecule has 6 heteroatoms. The fourth-order valence-electron chi connectivity index (χ4n) is 2.82. The number of fused-ring (bicyclic) bond motifs is 1. The first kappa shape index (κ1) is 20.7. The smallest absolute Gasteiger partial charge is 0.236 e. The molecule has 1 N–H and O–H groups in total. The second-order valence-corrected chi connectivity index (χ2v) is 7.38. The normalized spacial score (nSPS) is 11.0. The Morgan fingerprint density at radius 2 is 1.90 bits per heavy atom. The molecule has 5 nitrogen and oxygen atoms in total. The van der Waals surface area contributed by atoms with Gasteiger partial charge < -0.3 is 9.47 Å². The molecule has 0 fully saturated rings. The van der Waals surface area contributed by atoms with Gasteiger partial charge in [-0.3, -0.25) is 4.79 Å². The van der Waals surface area contributed by atoms with Crippen LogP contribution in [0.1, 0.15) is 19.4 Å². The van der Waals surface area contributed by atoms with E-state index in [1.54, 1.807) is 18.0 Å². The minimum absolute atomic E-state index is 0.213. The van der Waals surface area contributed by atoms with Gasteiger partial charge in [-0.1, -0.05) is 36.4 Å². The number of thioether (sulfide) groups is 1. The molecule has 0 spiro atoms. The first-order valence-electron chi connectivity index (χ1n) is 9.47. The lowest BCUT2D eigenvalue weighted by atomic mass is 10.1. The van der Waals surface area contributed by atoms with Gasteiger partial charge in [0.05, 0.1) is 19.4 Å². The van der Waals surface area contributed by atoms with Crippen LogP contribution in [0.3, 0.4) is 0 Å². The van der Waals surface area contributed by atoms with Gasteiger partial charge in [0.15, 0.2) is 11.5 Å². The van der Waals surface area contributed by atoms with Crippen LogP contribution < -0.4 is 14.9 Å². The summed E-state index contributed by atoms with van der Waals surface area (Å²) in [5.74, 6) is 1.97. The molecule has 150 valence electrons. The van der Waals surface area contributed by atoms with Crippen molar-refractivity contribution in [2.24, 2.45) is 5.10 Å². The van der Waals surface area contributed by atoms with Crippen molar-refractivity contribution in [3.8, 4) is 11.5 Å². The summed E-state index contributed by atoms with van der Waals surface area (Å²) in [7, 11) is 0. The van der Waals surface area contributed by atoms with Crippen LogP contribution in [0.15, 0.2) is 70.7 Å². The van der Waals surface area contributed by atoms with Gasteiger partial charge in [0, 0.05) is 17.6 Å². The number of nitrogens with one attached hydrogen (secondary N) is 1. The lowest BCUT2D eigenvalue weighted by Gasteiger charge is -2.13. The van der Waals surface area contributed by atoms with E-state index in [-0.39, 0.29) is 5.91 Å². The highest BCUT2D eigenvalue weighted by Gasteiger charge is 2.07. The SMILES string of the molecule is CCOc1cc(/C=N\NC(C)=O)ccc1OCCSc1cccc2ccccc12. The Kier molecular flexibility index (Phi) is 7.53. The van der Waals surface area contributed by atoms with Crippen LogP contribution in [0.4, 0.5) is 0 Å². The van der Waals surface area contributed by atoms with Crippen molar-refractivity contribution in [2.45, 2.75) is 18.7 Å². The molecule has 0 aliphatic carbocycles. The van der Waals surface area contributed by atoms with Crippen LogP contribution in [0.5, 0.6) is 11.5 Å². The van der Waals surface area contributed by atoms with Crippen molar-refractivity contribution in [1.29, 1.82) is 0 Å². The molecule has 0 atom stereocenters.